The van der Waals surface area contributed by atoms with E-state index in [4.69, 9.17) is 4.74 Å². The van der Waals surface area contributed by atoms with Gasteiger partial charge >= 0.3 is 0 Å². The van der Waals surface area contributed by atoms with Crippen molar-refractivity contribution in [3.05, 3.63) is 35.4 Å². The number of rotatable bonds is 4. The Morgan fingerprint density at radius 2 is 1.95 bits per heavy atom. The summed E-state index contributed by atoms with van der Waals surface area (Å²) < 4.78 is 5.35. The first-order valence-corrected chi connectivity index (χ1v) is 8.10. The number of likely N-dealkylation sites (N-methyl/N-ethyl adjacent to an activating group) is 1. The molecular formula is C19H27NO2. The van der Waals surface area contributed by atoms with Crippen molar-refractivity contribution < 1.29 is 9.53 Å². The van der Waals surface area contributed by atoms with Crippen LogP contribution in [0.1, 0.15) is 43.7 Å². The minimum absolute atomic E-state index is 0.0723. The molecule has 3 heteroatoms. The van der Waals surface area contributed by atoms with E-state index in [0.29, 0.717) is 6.04 Å². The van der Waals surface area contributed by atoms with Gasteiger partial charge < -0.3 is 9.64 Å². The summed E-state index contributed by atoms with van der Waals surface area (Å²) in [7, 11) is 3.57. The van der Waals surface area contributed by atoms with Crippen LogP contribution >= 0.6 is 0 Å². The van der Waals surface area contributed by atoms with Crippen molar-refractivity contribution >= 4 is 12.0 Å². The van der Waals surface area contributed by atoms with Crippen LogP contribution in [0.2, 0.25) is 0 Å². The molecule has 0 spiro atoms. The molecule has 1 aromatic carbocycles. The highest BCUT2D eigenvalue weighted by atomic mass is 16.5. The Bertz CT molecular complexity index is 542. The Hall–Kier alpha value is -1.77. The molecule has 3 nitrogen and oxygen atoms in total. The van der Waals surface area contributed by atoms with Crippen LogP contribution in [-0.4, -0.2) is 31.0 Å². The van der Waals surface area contributed by atoms with E-state index in [1.165, 1.54) is 12.8 Å². The van der Waals surface area contributed by atoms with Crippen molar-refractivity contribution in [3.8, 4) is 5.75 Å². The largest absolute Gasteiger partial charge is 0.496 e. The monoisotopic (exact) mass is 301 g/mol. The molecule has 1 aliphatic carbocycles. The first-order valence-electron chi connectivity index (χ1n) is 8.10. The van der Waals surface area contributed by atoms with Gasteiger partial charge in [-0.3, -0.25) is 4.79 Å². The minimum atomic E-state index is 0.0723. The quantitative estimate of drug-likeness (QED) is 0.785. The molecule has 0 unspecified atom stereocenters. The van der Waals surface area contributed by atoms with Gasteiger partial charge in [0.25, 0.3) is 0 Å². The average molecular weight is 301 g/mol. The molecule has 1 aliphatic rings. The fourth-order valence-electron chi connectivity index (χ4n) is 3.07. The van der Waals surface area contributed by atoms with E-state index >= 15 is 0 Å². The number of methoxy groups -OCH3 is 1. The summed E-state index contributed by atoms with van der Waals surface area (Å²) in [6.07, 6.45) is 8.19. The minimum Gasteiger partial charge on any atom is -0.496 e. The van der Waals surface area contributed by atoms with E-state index in [1.807, 2.05) is 43.1 Å². The summed E-state index contributed by atoms with van der Waals surface area (Å²) in [5, 5.41) is 0. The average Bonchev–Trinajstić information content (AvgIpc) is 2.52. The van der Waals surface area contributed by atoms with Crippen molar-refractivity contribution in [1.29, 1.82) is 0 Å². The molecule has 0 heterocycles. The molecule has 1 saturated carbocycles. The summed E-state index contributed by atoms with van der Waals surface area (Å²) in [4.78, 5) is 14.3. The highest BCUT2D eigenvalue weighted by Gasteiger charge is 2.23. The highest BCUT2D eigenvalue weighted by Crippen LogP contribution is 2.27. The molecule has 22 heavy (non-hydrogen) atoms. The molecule has 1 aromatic rings. The van der Waals surface area contributed by atoms with Crippen LogP contribution in [0.3, 0.4) is 0 Å². The molecular weight excluding hydrogens is 274 g/mol. The Kier molecular flexibility index (Phi) is 5.64. The molecule has 0 bridgehead atoms. The van der Waals surface area contributed by atoms with Gasteiger partial charge in [-0.2, -0.15) is 0 Å². The normalized spacial score (nSPS) is 21.8. The number of aryl methyl sites for hydroxylation is 1. The Morgan fingerprint density at radius 1 is 1.27 bits per heavy atom. The molecule has 1 amide bonds. The lowest BCUT2D eigenvalue weighted by Gasteiger charge is -2.33. The van der Waals surface area contributed by atoms with Crippen LogP contribution in [0.5, 0.6) is 5.75 Å². The van der Waals surface area contributed by atoms with E-state index in [-0.39, 0.29) is 5.91 Å². The fourth-order valence-corrected chi connectivity index (χ4v) is 3.07. The zero-order chi connectivity index (χ0) is 16.1. The second-order valence-electron chi connectivity index (χ2n) is 6.44. The third kappa shape index (κ3) is 4.12. The Morgan fingerprint density at radius 3 is 2.59 bits per heavy atom. The Balaban J connectivity index is 2.03. The number of carbonyl (C=O) groups is 1. The van der Waals surface area contributed by atoms with Gasteiger partial charge in [0, 0.05) is 24.7 Å². The topological polar surface area (TPSA) is 29.5 Å². The first kappa shape index (κ1) is 16.6. The van der Waals surface area contributed by atoms with Gasteiger partial charge in [0.05, 0.1) is 7.11 Å². The molecule has 0 N–H and O–H groups in total. The van der Waals surface area contributed by atoms with Gasteiger partial charge in [0.15, 0.2) is 0 Å². The van der Waals surface area contributed by atoms with Crippen molar-refractivity contribution in [2.24, 2.45) is 5.92 Å². The number of hydrogen-bond donors (Lipinski definition) is 0. The maximum Gasteiger partial charge on any atom is 0.246 e. The molecule has 0 aliphatic heterocycles. The number of hydrogen-bond acceptors (Lipinski definition) is 2. The molecule has 2 rings (SSSR count). The summed E-state index contributed by atoms with van der Waals surface area (Å²) in [6, 6.07) is 6.36. The van der Waals surface area contributed by atoms with E-state index in [2.05, 4.69) is 6.92 Å². The van der Waals surface area contributed by atoms with E-state index < -0.39 is 0 Å². The fraction of sp³-hybridized carbons (Fsp3) is 0.526. The molecule has 0 radical (unpaired) electrons. The van der Waals surface area contributed by atoms with Gasteiger partial charge in [-0.25, -0.2) is 0 Å². The van der Waals surface area contributed by atoms with Gasteiger partial charge in [-0.1, -0.05) is 18.6 Å². The lowest BCUT2D eigenvalue weighted by Crippen LogP contribution is -2.38. The number of ether oxygens (including phenoxy) is 1. The van der Waals surface area contributed by atoms with Crippen LogP contribution in [0.15, 0.2) is 24.3 Å². The molecule has 1 fully saturated rings. The third-order valence-electron chi connectivity index (χ3n) is 4.67. The first-order chi connectivity index (χ1) is 10.5. The summed E-state index contributed by atoms with van der Waals surface area (Å²) >= 11 is 0. The second-order valence-corrected chi connectivity index (χ2v) is 6.44. The molecule has 0 aromatic heterocycles. The summed E-state index contributed by atoms with van der Waals surface area (Å²) in [5.74, 6) is 1.67. The number of benzene rings is 1. The second kappa shape index (κ2) is 7.48. The molecule has 0 saturated heterocycles. The Labute approximate surface area is 134 Å². The van der Waals surface area contributed by atoms with Gasteiger partial charge in [-0.05, 0) is 56.7 Å². The van der Waals surface area contributed by atoms with Crippen LogP contribution in [-0.2, 0) is 4.79 Å². The zero-order valence-corrected chi connectivity index (χ0v) is 14.1. The number of amides is 1. The summed E-state index contributed by atoms with van der Waals surface area (Å²) in [6.45, 7) is 4.33. The van der Waals surface area contributed by atoms with E-state index in [0.717, 1.165) is 35.6 Å². The van der Waals surface area contributed by atoms with Crippen LogP contribution in [0, 0.1) is 12.8 Å². The van der Waals surface area contributed by atoms with E-state index in [1.54, 1.807) is 13.2 Å². The van der Waals surface area contributed by atoms with Gasteiger partial charge in [0.2, 0.25) is 5.91 Å². The van der Waals surface area contributed by atoms with Crippen LogP contribution in [0.25, 0.3) is 6.08 Å². The number of carbonyl (C=O) groups excluding carboxylic acids is 1. The standard InChI is InChI=1S/C19H27NO2/c1-14-5-9-17(10-6-14)20(3)19(21)12-8-16-13-15(2)7-11-18(16)22-4/h7-8,11-14,17H,5-6,9-10H2,1-4H3/b12-8+. The predicted octanol–water partition coefficient (Wildman–Crippen LogP) is 4.05. The third-order valence-corrected chi connectivity index (χ3v) is 4.67. The molecule has 0 atom stereocenters. The maximum atomic E-state index is 12.4. The number of nitrogens with zero attached hydrogens (tertiary/aromatic N) is 1. The SMILES string of the molecule is COc1ccc(C)cc1/C=C/C(=O)N(C)C1CCC(C)CC1. The van der Waals surface area contributed by atoms with E-state index in [9.17, 15) is 4.79 Å². The van der Waals surface area contributed by atoms with Gasteiger partial charge in [-0.15, -0.1) is 0 Å². The highest BCUT2D eigenvalue weighted by molar-refractivity contribution is 5.92. The van der Waals surface area contributed by atoms with Crippen LogP contribution < -0.4 is 4.74 Å². The zero-order valence-electron chi connectivity index (χ0n) is 14.1. The van der Waals surface area contributed by atoms with Crippen LogP contribution in [0.4, 0.5) is 0 Å². The lowest BCUT2D eigenvalue weighted by atomic mass is 9.87. The predicted molar refractivity (Wildman–Crippen MR) is 91.0 cm³/mol. The smallest absolute Gasteiger partial charge is 0.246 e. The lowest BCUT2D eigenvalue weighted by molar-refractivity contribution is -0.127. The summed E-state index contributed by atoms with van der Waals surface area (Å²) in [5.41, 5.74) is 2.10. The van der Waals surface area contributed by atoms with Crippen molar-refractivity contribution in [1.82, 2.24) is 4.90 Å². The van der Waals surface area contributed by atoms with Crippen molar-refractivity contribution in [3.63, 3.8) is 0 Å². The van der Waals surface area contributed by atoms with Crippen molar-refractivity contribution in [2.75, 3.05) is 14.2 Å². The van der Waals surface area contributed by atoms with Gasteiger partial charge in [0.1, 0.15) is 5.75 Å². The maximum absolute atomic E-state index is 12.4. The van der Waals surface area contributed by atoms with Crippen molar-refractivity contribution in [2.45, 2.75) is 45.6 Å². The molecule has 120 valence electrons.